The van der Waals surface area contributed by atoms with E-state index in [0.29, 0.717) is 36.0 Å². The van der Waals surface area contributed by atoms with Crippen LogP contribution >= 0.6 is 11.6 Å². The number of likely N-dealkylation sites (N-methyl/N-ethyl adjacent to an activating group) is 1. The summed E-state index contributed by atoms with van der Waals surface area (Å²) in [6, 6.07) is 17.3. The second kappa shape index (κ2) is 16.0. The largest absolute Gasteiger partial charge is 0.497 e. The van der Waals surface area contributed by atoms with Crippen LogP contribution in [0.25, 0.3) is 5.57 Å². The van der Waals surface area contributed by atoms with Crippen LogP contribution < -0.4 is 18.5 Å². The second-order valence-electron chi connectivity index (χ2n) is 12.8. The van der Waals surface area contributed by atoms with Crippen LogP contribution in [0.4, 0.5) is 10.2 Å². The molecule has 3 aromatic carbocycles. The van der Waals surface area contributed by atoms with Crippen LogP contribution in [-0.2, 0) is 21.3 Å². The Bertz CT molecular complexity index is 1980. The van der Waals surface area contributed by atoms with Gasteiger partial charge in [0.25, 0.3) is 10.0 Å². The summed E-state index contributed by atoms with van der Waals surface area (Å²) in [6.45, 7) is 1.15. The van der Waals surface area contributed by atoms with Gasteiger partial charge in [-0.25, -0.2) is 27.1 Å². The minimum absolute atomic E-state index is 0.00460. The van der Waals surface area contributed by atoms with Crippen LogP contribution in [-0.4, -0.2) is 77.0 Å². The van der Waals surface area contributed by atoms with Gasteiger partial charge in [0.05, 0.1) is 39.0 Å². The van der Waals surface area contributed by atoms with E-state index in [2.05, 4.69) is 45.2 Å². The molecule has 1 saturated carbocycles. The first-order valence-electron chi connectivity index (χ1n) is 16.8. The number of rotatable bonds is 12. The maximum absolute atomic E-state index is 16.0. The molecule has 3 atom stereocenters. The lowest BCUT2D eigenvalue weighted by Gasteiger charge is -2.40. The molecule has 4 aromatic rings. The quantitative estimate of drug-likeness (QED) is 0.150. The monoisotopic (exact) mass is 736 g/mol. The molecule has 0 radical (unpaired) electrons. The van der Waals surface area contributed by atoms with Crippen molar-refractivity contribution in [1.29, 1.82) is 0 Å². The van der Waals surface area contributed by atoms with E-state index in [-0.39, 0.29) is 35.3 Å². The fourth-order valence-electron chi connectivity index (χ4n) is 6.82. The Morgan fingerprint density at radius 1 is 1.02 bits per heavy atom. The summed E-state index contributed by atoms with van der Waals surface area (Å²) >= 11 is 6.70. The molecule has 0 N–H and O–H groups in total. The first kappa shape index (κ1) is 36.6. The summed E-state index contributed by atoms with van der Waals surface area (Å²) in [5, 5.41) is -0.0169. The topological polar surface area (TPSA) is 103 Å². The summed E-state index contributed by atoms with van der Waals surface area (Å²) in [5.74, 6) is 0.365. The predicted molar refractivity (Wildman–Crippen MR) is 195 cm³/mol. The highest BCUT2D eigenvalue weighted by molar-refractivity contribution is 7.92. The SMILES string of the molecule is COc1ccc(CN(c2ccncn2)S(=O)(=O)c2cc(Cl)c(O[C@H]3CC[C@H](c4cccc(C5=CCOCC5)c4)C[C@@H]3N(C)C)cc2F)c(OC)c1. The van der Waals surface area contributed by atoms with Crippen molar-refractivity contribution in [2.24, 2.45) is 0 Å². The molecule has 0 bridgehead atoms. The number of methoxy groups -OCH3 is 2. The van der Waals surface area contributed by atoms with Crippen molar-refractivity contribution >= 4 is 33.0 Å². The molecule has 0 amide bonds. The van der Waals surface area contributed by atoms with Gasteiger partial charge in [-0.1, -0.05) is 41.9 Å². The summed E-state index contributed by atoms with van der Waals surface area (Å²) in [4.78, 5) is 9.58. The van der Waals surface area contributed by atoms with Gasteiger partial charge in [0, 0.05) is 36.0 Å². The zero-order valence-corrected chi connectivity index (χ0v) is 30.7. The normalized spacial score (nSPS) is 19.4. The van der Waals surface area contributed by atoms with E-state index >= 15 is 4.39 Å². The van der Waals surface area contributed by atoms with Crippen LogP contribution in [0, 0.1) is 5.82 Å². The van der Waals surface area contributed by atoms with E-state index in [1.54, 1.807) is 18.2 Å². The van der Waals surface area contributed by atoms with Crippen molar-refractivity contribution in [2.75, 3.05) is 45.8 Å². The number of ether oxygens (including phenoxy) is 4. The van der Waals surface area contributed by atoms with Crippen LogP contribution in [0.1, 0.15) is 48.3 Å². The molecule has 1 fully saturated rings. The Hall–Kier alpha value is -4.23. The summed E-state index contributed by atoms with van der Waals surface area (Å²) in [7, 11) is 2.45. The molecule has 13 heteroatoms. The Labute approximate surface area is 303 Å². The molecule has 270 valence electrons. The number of anilines is 1. The average Bonchev–Trinajstić information content (AvgIpc) is 3.15. The third-order valence-electron chi connectivity index (χ3n) is 9.57. The standard InChI is InChI=1S/C38H42ClFN4O6S/c1-43(2)33-19-28(27-7-5-6-26(18-27)25-13-16-49-17-14-25)9-11-34(33)50-36-22-32(40)37(21-31(36)39)51(45,46)44(38-12-15-41-24-42-38)23-29-8-10-30(47-3)20-35(29)48-4/h5-8,10,12-13,15,18,20-22,24,28,33-34H,9,11,14,16-17,19,23H2,1-4H3/t28-,33-,34-/m0/s1. The lowest BCUT2D eigenvalue weighted by molar-refractivity contribution is 0.0544. The third kappa shape index (κ3) is 8.14. The second-order valence-corrected chi connectivity index (χ2v) is 15.1. The molecular weight excluding hydrogens is 695 g/mol. The van der Waals surface area contributed by atoms with Gasteiger partial charge in [-0.3, -0.25) is 0 Å². The van der Waals surface area contributed by atoms with Crippen molar-refractivity contribution in [3.63, 3.8) is 0 Å². The number of hydrogen-bond donors (Lipinski definition) is 0. The Morgan fingerprint density at radius 3 is 2.57 bits per heavy atom. The van der Waals surface area contributed by atoms with Gasteiger partial charge in [0.15, 0.2) is 0 Å². The molecule has 2 heterocycles. The van der Waals surface area contributed by atoms with Gasteiger partial charge in [-0.2, -0.15) is 0 Å². The van der Waals surface area contributed by atoms with Gasteiger partial charge in [-0.05, 0) is 80.6 Å². The van der Waals surface area contributed by atoms with Crippen LogP contribution in [0.15, 0.2) is 84.2 Å². The molecule has 0 unspecified atom stereocenters. The van der Waals surface area contributed by atoms with Gasteiger partial charge >= 0.3 is 0 Å². The maximum atomic E-state index is 16.0. The first-order chi connectivity index (χ1) is 24.6. The lowest BCUT2D eigenvalue weighted by Crippen LogP contribution is -2.46. The number of sulfonamides is 1. The molecule has 1 aromatic heterocycles. The molecule has 0 spiro atoms. The number of nitrogens with zero attached hydrogens (tertiary/aromatic N) is 4. The van der Waals surface area contributed by atoms with E-state index < -0.39 is 20.7 Å². The van der Waals surface area contributed by atoms with Crippen molar-refractivity contribution in [3.05, 3.63) is 107 Å². The van der Waals surface area contributed by atoms with Crippen molar-refractivity contribution < 1.29 is 31.8 Å². The van der Waals surface area contributed by atoms with Crippen LogP contribution in [0.3, 0.4) is 0 Å². The molecule has 10 nitrogen and oxygen atoms in total. The van der Waals surface area contributed by atoms with E-state index in [0.717, 1.165) is 42.3 Å². The zero-order valence-electron chi connectivity index (χ0n) is 29.1. The Kier molecular flexibility index (Phi) is 11.5. The lowest BCUT2D eigenvalue weighted by atomic mass is 9.78. The smallest absolute Gasteiger partial charge is 0.268 e. The van der Waals surface area contributed by atoms with Crippen LogP contribution in [0.2, 0.25) is 5.02 Å². The number of aromatic nitrogens is 2. The first-order valence-corrected chi connectivity index (χ1v) is 18.6. The zero-order chi connectivity index (χ0) is 36.1. The molecule has 1 aliphatic heterocycles. The van der Waals surface area contributed by atoms with Crippen LogP contribution in [0.5, 0.6) is 17.2 Å². The molecule has 0 saturated heterocycles. The fraction of sp³-hybridized carbons (Fsp3) is 0.368. The molecule has 51 heavy (non-hydrogen) atoms. The average molecular weight is 737 g/mol. The summed E-state index contributed by atoms with van der Waals surface area (Å²) in [6.07, 6.45) is 7.80. The molecule has 6 rings (SSSR count). The molecule has 2 aliphatic rings. The fourth-order valence-corrected chi connectivity index (χ4v) is 8.57. The Balaban J connectivity index is 1.24. The summed E-state index contributed by atoms with van der Waals surface area (Å²) < 4.78 is 68.2. The third-order valence-corrected chi connectivity index (χ3v) is 11.6. The van der Waals surface area contributed by atoms with E-state index in [4.69, 9.17) is 30.5 Å². The van der Waals surface area contributed by atoms with Gasteiger partial charge in [0.1, 0.15) is 46.2 Å². The highest BCUT2D eigenvalue weighted by Crippen LogP contribution is 2.40. The number of halogens is 2. The van der Waals surface area contributed by atoms with Crippen molar-refractivity contribution in [1.82, 2.24) is 14.9 Å². The molecular formula is C38H42ClFN4O6S. The minimum Gasteiger partial charge on any atom is -0.497 e. The van der Waals surface area contributed by atoms with E-state index in [9.17, 15) is 8.42 Å². The number of benzene rings is 3. The highest BCUT2D eigenvalue weighted by Gasteiger charge is 2.36. The van der Waals surface area contributed by atoms with Crippen molar-refractivity contribution in [2.45, 2.75) is 55.2 Å². The number of hydrogen-bond acceptors (Lipinski definition) is 9. The van der Waals surface area contributed by atoms with Gasteiger partial charge < -0.3 is 23.8 Å². The predicted octanol–water partition coefficient (Wildman–Crippen LogP) is 7.13. The van der Waals surface area contributed by atoms with Gasteiger partial charge in [-0.15, -0.1) is 0 Å². The molecule has 1 aliphatic carbocycles. The van der Waals surface area contributed by atoms with Gasteiger partial charge in [0.2, 0.25) is 0 Å². The van der Waals surface area contributed by atoms with Crippen molar-refractivity contribution in [3.8, 4) is 17.2 Å². The minimum atomic E-state index is -4.55. The maximum Gasteiger partial charge on any atom is 0.268 e. The van der Waals surface area contributed by atoms with E-state index in [1.807, 2.05) is 14.1 Å². The highest BCUT2D eigenvalue weighted by atomic mass is 35.5. The van der Waals surface area contributed by atoms with E-state index in [1.165, 1.54) is 49.5 Å². The Morgan fingerprint density at radius 2 is 1.86 bits per heavy atom. The summed E-state index contributed by atoms with van der Waals surface area (Å²) in [5.41, 5.74) is 4.33.